The van der Waals surface area contributed by atoms with Crippen LogP contribution < -0.4 is 14.4 Å². The van der Waals surface area contributed by atoms with Gasteiger partial charge in [-0.3, -0.25) is 0 Å². The molecular weight excluding hydrogens is 428 g/mol. The van der Waals surface area contributed by atoms with E-state index in [2.05, 4.69) is 31.9 Å². The molecule has 0 amide bonds. The van der Waals surface area contributed by atoms with Crippen LogP contribution in [0, 0.1) is 6.07 Å². The number of benzene rings is 2. The van der Waals surface area contributed by atoms with E-state index in [1.165, 1.54) is 0 Å². The summed E-state index contributed by atoms with van der Waals surface area (Å²) < 4.78 is 11.2. The van der Waals surface area contributed by atoms with Crippen LogP contribution in [0.2, 0.25) is 5.15 Å². The predicted octanol–water partition coefficient (Wildman–Crippen LogP) is 5.52. The van der Waals surface area contributed by atoms with E-state index >= 15 is 0 Å². The molecule has 0 aliphatic carbocycles. The third kappa shape index (κ3) is 5.15. The monoisotopic (exact) mass is 445 g/mol. The first-order valence-electron chi connectivity index (χ1n) is 8.33. The molecule has 0 aliphatic rings. The lowest BCUT2D eigenvalue weighted by Gasteiger charge is -2.24. The molecule has 139 valence electrons. The number of hydrogen-bond acceptors (Lipinski definition) is 4. The van der Waals surface area contributed by atoms with E-state index in [-0.39, 0.29) is 0 Å². The quantitative estimate of drug-likeness (QED) is 0.447. The molecule has 3 aromatic rings. The van der Waals surface area contributed by atoms with Gasteiger partial charge in [0, 0.05) is 19.2 Å². The van der Waals surface area contributed by atoms with Gasteiger partial charge in [0.1, 0.15) is 22.5 Å². The molecular formula is C21H19BrClN2O2. The fourth-order valence-corrected chi connectivity index (χ4v) is 2.97. The van der Waals surface area contributed by atoms with Crippen molar-refractivity contribution in [3.05, 3.63) is 81.4 Å². The molecule has 0 fully saturated rings. The molecule has 0 N–H and O–H groups in total. The maximum absolute atomic E-state index is 6.21. The van der Waals surface area contributed by atoms with Gasteiger partial charge >= 0.3 is 0 Å². The molecule has 4 nitrogen and oxygen atoms in total. The topological polar surface area (TPSA) is 34.6 Å². The Kier molecular flexibility index (Phi) is 6.58. The van der Waals surface area contributed by atoms with Gasteiger partial charge in [-0.2, -0.15) is 0 Å². The van der Waals surface area contributed by atoms with Crippen LogP contribution in [0.4, 0.5) is 5.82 Å². The molecule has 1 radical (unpaired) electrons. The third-order valence-electron chi connectivity index (χ3n) is 4.09. The van der Waals surface area contributed by atoms with Gasteiger partial charge < -0.3 is 14.4 Å². The average Bonchev–Trinajstić information content (AvgIpc) is 2.70. The smallest absolute Gasteiger partial charge is 0.145 e. The van der Waals surface area contributed by atoms with Crippen molar-refractivity contribution in [2.45, 2.75) is 13.1 Å². The number of anilines is 1. The molecule has 0 atom stereocenters. The Hall–Kier alpha value is -2.24. The maximum atomic E-state index is 6.21. The largest absolute Gasteiger partial charge is 0.497 e. The number of nitrogens with zero attached hydrogens (tertiary/aromatic N) is 2. The lowest BCUT2D eigenvalue weighted by Crippen LogP contribution is -2.23. The van der Waals surface area contributed by atoms with Crippen LogP contribution in [0.3, 0.4) is 0 Å². The minimum Gasteiger partial charge on any atom is -0.497 e. The van der Waals surface area contributed by atoms with Gasteiger partial charge in [0.05, 0.1) is 18.7 Å². The second-order valence-electron chi connectivity index (χ2n) is 5.92. The van der Waals surface area contributed by atoms with Crippen LogP contribution in [0.1, 0.15) is 11.1 Å². The van der Waals surface area contributed by atoms with E-state index in [1.54, 1.807) is 20.3 Å². The summed E-state index contributed by atoms with van der Waals surface area (Å²) in [5.74, 6) is 2.35. The first-order valence-corrected chi connectivity index (χ1v) is 9.50. The Bertz CT molecular complexity index is 836. The molecule has 27 heavy (non-hydrogen) atoms. The van der Waals surface area contributed by atoms with Gasteiger partial charge in [-0.05, 0) is 57.4 Å². The van der Waals surface area contributed by atoms with Crippen molar-refractivity contribution in [2.24, 2.45) is 0 Å². The Morgan fingerprint density at radius 1 is 0.926 bits per heavy atom. The summed E-state index contributed by atoms with van der Waals surface area (Å²) in [5.41, 5.74) is 2.28. The van der Waals surface area contributed by atoms with Crippen LogP contribution in [-0.2, 0) is 13.1 Å². The average molecular weight is 447 g/mol. The second kappa shape index (κ2) is 9.11. The fourth-order valence-electron chi connectivity index (χ4n) is 2.64. The zero-order valence-corrected chi connectivity index (χ0v) is 17.4. The summed E-state index contributed by atoms with van der Waals surface area (Å²) in [4.78, 5) is 6.60. The third-order valence-corrected chi connectivity index (χ3v) is 5.21. The summed E-state index contributed by atoms with van der Waals surface area (Å²) in [6.45, 7) is 1.33. The van der Waals surface area contributed by atoms with Crippen LogP contribution >= 0.6 is 27.5 Å². The normalized spacial score (nSPS) is 10.5. The van der Waals surface area contributed by atoms with E-state index in [9.17, 15) is 0 Å². The van der Waals surface area contributed by atoms with Gasteiger partial charge in [0.25, 0.3) is 0 Å². The summed E-state index contributed by atoms with van der Waals surface area (Å²) in [5, 5.41) is 0.415. The predicted molar refractivity (Wildman–Crippen MR) is 112 cm³/mol. The van der Waals surface area contributed by atoms with E-state index in [0.29, 0.717) is 24.1 Å². The van der Waals surface area contributed by atoms with Crippen molar-refractivity contribution in [2.75, 3.05) is 19.1 Å². The molecule has 6 heteroatoms. The highest BCUT2D eigenvalue weighted by atomic mass is 79.9. The number of methoxy groups -OCH3 is 2. The molecule has 1 aromatic heterocycles. The summed E-state index contributed by atoms with van der Waals surface area (Å²) in [7, 11) is 3.32. The highest BCUT2D eigenvalue weighted by molar-refractivity contribution is 9.10. The van der Waals surface area contributed by atoms with Crippen molar-refractivity contribution in [1.29, 1.82) is 0 Å². The van der Waals surface area contributed by atoms with E-state index in [4.69, 9.17) is 21.1 Å². The molecule has 1 heterocycles. The Labute approximate surface area is 172 Å². The van der Waals surface area contributed by atoms with Crippen molar-refractivity contribution >= 4 is 33.3 Å². The second-order valence-corrected chi connectivity index (χ2v) is 7.13. The van der Waals surface area contributed by atoms with Crippen LogP contribution in [0.25, 0.3) is 0 Å². The highest BCUT2D eigenvalue weighted by Crippen LogP contribution is 2.26. The Morgan fingerprint density at radius 2 is 1.41 bits per heavy atom. The Balaban J connectivity index is 1.87. The number of halogens is 2. The summed E-state index contributed by atoms with van der Waals surface area (Å²) in [6, 6.07) is 21.0. The fraction of sp³-hybridized carbons (Fsp3) is 0.190. The zero-order chi connectivity index (χ0) is 19.2. The van der Waals surface area contributed by atoms with Gasteiger partial charge in [-0.15, -0.1) is 0 Å². The first-order chi connectivity index (χ1) is 13.1. The van der Waals surface area contributed by atoms with E-state index in [1.807, 2.05) is 48.5 Å². The number of ether oxygens (including phenoxy) is 2. The number of pyridine rings is 1. The number of aromatic nitrogens is 1. The maximum Gasteiger partial charge on any atom is 0.145 e. The van der Waals surface area contributed by atoms with Crippen molar-refractivity contribution in [1.82, 2.24) is 4.98 Å². The SMILES string of the molecule is COc1ccc(CN(Cc2ccc(OC)cc2)c2[c]cc(Br)c(Cl)n2)cc1. The minimum atomic E-state index is 0.415. The van der Waals surface area contributed by atoms with Crippen LogP contribution in [0.5, 0.6) is 11.5 Å². The summed E-state index contributed by atoms with van der Waals surface area (Å²) in [6.07, 6.45) is 0. The van der Waals surface area contributed by atoms with Gasteiger partial charge in [-0.25, -0.2) is 4.98 Å². The van der Waals surface area contributed by atoms with Crippen molar-refractivity contribution in [3.63, 3.8) is 0 Å². The van der Waals surface area contributed by atoms with Gasteiger partial charge in [0.15, 0.2) is 0 Å². The van der Waals surface area contributed by atoms with Crippen LogP contribution in [-0.4, -0.2) is 19.2 Å². The molecule has 0 bridgehead atoms. The molecule has 3 rings (SSSR count). The van der Waals surface area contributed by atoms with Gasteiger partial charge in [0.2, 0.25) is 0 Å². The zero-order valence-electron chi connectivity index (χ0n) is 15.1. The molecule has 0 aliphatic heterocycles. The van der Waals surface area contributed by atoms with Gasteiger partial charge in [-0.1, -0.05) is 35.9 Å². The van der Waals surface area contributed by atoms with Crippen molar-refractivity contribution in [3.8, 4) is 11.5 Å². The molecule has 0 saturated carbocycles. The summed E-state index contributed by atoms with van der Waals surface area (Å²) >= 11 is 9.58. The molecule has 0 unspecified atom stereocenters. The lowest BCUT2D eigenvalue weighted by atomic mass is 10.1. The van der Waals surface area contributed by atoms with E-state index in [0.717, 1.165) is 27.1 Å². The van der Waals surface area contributed by atoms with E-state index < -0.39 is 0 Å². The number of hydrogen-bond donors (Lipinski definition) is 0. The molecule has 2 aromatic carbocycles. The standard InChI is InChI=1S/C21H19BrClN2O2/c1-26-17-7-3-15(4-8-17)13-25(20-12-11-19(22)21(23)24-20)14-16-5-9-18(27-2)10-6-16/h3-11H,13-14H2,1-2H3. The van der Waals surface area contributed by atoms with Crippen molar-refractivity contribution < 1.29 is 9.47 Å². The molecule has 0 saturated heterocycles. The Morgan fingerprint density at radius 3 is 1.81 bits per heavy atom. The van der Waals surface area contributed by atoms with Crippen LogP contribution in [0.15, 0.2) is 59.1 Å². The first kappa shape index (κ1) is 19.5. The minimum absolute atomic E-state index is 0.415. The molecule has 0 spiro atoms. The number of rotatable bonds is 7. The highest BCUT2D eigenvalue weighted by Gasteiger charge is 2.13. The lowest BCUT2D eigenvalue weighted by molar-refractivity contribution is 0.414.